The van der Waals surface area contributed by atoms with Crippen LogP contribution in [0.15, 0.2) is 47.4 Å². The summed E-state index contributed by atoms with van der Waals surface area (Å²) in [4.78, 5) is 28.6. The van der Waals surface area contributed by atoms with Crippen molar-refractivity contribution >= 4 is 27.5 Å². The second-order valence-electron chi connectivity index (χ2n) is 7.97. The number of benzene rings is 2. The minimum absolute atomic E-state index is 0.0278. The molecule has 0 N–H and O–H groups in total. The van der Waals surface area contributed by atoms with E-state index in [-0.39, 0.29) is 31.3 Å². The second-order valence-corrected chi connectivity index (χ2v) is 9.88. The number of imide groups is 1. The zero-order valence-electron chi connectivity index (χ0n) is 17.4. The molecular weight excluding hydrogens is 421 g/mol. The molecular formula is C22H24FN3O4S. The third-order valence-corrected chi connectivity index (χ3v) is 7.93. The van der Waals surface area contributed by atoms with Gasteiger partial charge in [-0.3, -0.25) is 14.5 Å². The van der Waals surface area contributed by atoms with Crippen molar-refractivity contribution in [3.8, 4) is 0 Å². The minimum atomic E-state index is -3.63. The van der Waals surface area contributed by atoms with E-state index in [0.29, 0.717) is 29.2 Å². The van der Waals surface area contributed by atoms with Gasteiger partial charge >= 0.3 is 0 Å². The third-order valence-electron chi connectivity index (χ3n) is 5.87. The van der Waals surface area contributed by atoms with Gasteiger partial charge in [-0.05, 0) is 49.7 Å². The summed E-state index contributed by atoms with van der Waals surface area (Å²) < 4.78 is 40.8. The molecule has 2 aliphatic rings. The average molecular weight is 446 g/mol. The lowest BCUT2D eigenvalue weighted by Crippen LogP contribution is -2.53. The van der Waals surface area contributed by atoms with Crippen LogP contribution >= 0.6 is 0 Å². The summed E-state index contributed by atoms with van der Waals surface area (Å²) in [6, 6.07) is 9.85. The maximum absolute atomic E-state index is 13.2. The molecule has 164 valence electrons. The molecule has 0 aromatic heterocycles. The Labute approximate surface area is 181 Å². The highest BCUT2D eigenvalue weighted by Gasteiger charge is 2.44. The number of hydrogen-bond donors (Lipinski definition) is 0. The molecule has 0 radical (unpaired) electrons. The molecule has 2 aromatic carbocycles. The van der Waals surface area contributed by atoms with Crippen LogP contribution in [0.4, 0.5) is 10.1 Å². The first-order chi connectivity index (χ1) is 14.7. The van der Waals surface area contributed by atoms with Gasteiger partial charge in [0.25, 0.3) is 5.91 Å². The van der Waals surface area contributed by atoms with Gasteiger partial charge < -0.3 is 0 Å². The van der Waals surface area contributed by atoms with E-state index < -0.39 is 21.9 Å². The highest BCUT2D eigenvalue weighted by molar-refractivity contribution is 7.89. The number of amides is 2. The lowest BCUT2D eigenvalue weighted by molar-refractivity contribution is -0.123. The van der Waals surface area contributed by atoms with Crippen LogP contribution < -0.4 is 4.90 Å². The van der Waals surface area contributed by atoms with Gasteiger partial charge in [-0.1, -0.05) is 17.7 Å². The number of halogens is 1. The fourth-order valence-electron chi connectivity index (χ4n) is 4.25. The first kappa shape index (κ1) is 21.6. The summed E-state index contributed by atoms with van der Waals surface area (Å²) in [5, 5.41) is 0. The summed E-state index contributed by atoms with van der Waals surface area (Å²) in [6.07, 6.45) is 0.0278. The Hall–Kier alpha value is -2.62. The van der Waals surface area contributed by atoms with Crippen molar-refractivity contribution in [3.05, 3.63) is 59.4 Å². The fraction of sp³-hybridized carbons (Fsp3) is 0.364. The van der Waals surface area contributed by atoms with Crippen LogP contribution in [0.1, 0.15) is 17.5 Å². The molecule has 0 saturated carbocycles. The van der Waals surface area contributed by atoms with Gasteiger partial charge in [-0.15, -0.1) is 0 Å². The van der Waals surface area contributed by atoms with E-state index in [1.165, 1.54) is 28.6 Å². The molecule has 0 spiro atoms. The van der Waals surface area contributed by atoms with Gasteiger partial charge in [-0.25, -0.2) is 17.7 Å². The van der Waals surface area contributed by atoms with Crippen molar-refractivity contribution in [2.75, 3.05) is 31.1 Å². The summed E-state index contributed by atoms with van der Waals surface area (Å²) in [5.41, 5.74) is 2.04. The van der Waals surface area contributed by atoms with Crippen molar-refractivity contribution in [3.63, 3.8) is 0 Å². The molecule has 0 bridgehead atoms. The SMILES string of the molecule is Cc1ccc(S(=O)(=O)N2CCN([C@H]3CC(=O)N(c4ccc(F)cc4)C3=O)CC2)c(C)c1. The molecule has 7 nitrogen and oxygen atoms in total. The van der Waals surface area contributed by atoms with Crippen LogP contribution in [0.2, 0.25) is 0 Å². The van der Waals surface area contributed by atoms with Gasteiger partial charge in [0.05, 0.1) is 23.0 Å². The number of sulfonamides is 1. The molecule has 0 unspecified atom stereocenters. The highest BCUT2D eigenvalue weighted by atomic mass is 32.2. The standard InChI is InChI=1S/C22H24FN3O4S/c1-15-3-8-20(16(2)13-15)31(29,30)25-11-9-24(10-12-25)19-14-21(27)26(22(19)28)18-6-4-17(23)5-7-18/h3-8,13,19H,9-12,14H2,1-2H3/t19-/m0/s1. The minimum Gasteiger partial charge on any atom is -0.289 e. The first-order valence-electron chi connectivity index (χ1n) is 10.1. The normalized spacial score (nSPS) is 21.1. The van der Waals surface area contributed by atoms with Crippen LogP contribution in [0.25, 0.3) is 0 Å². The molecule has 2 aromatic rings. The zero-order valence-corrected chi connectivity index (χ0v) is 18.2. The Bertz CT molecular complexity index is 1130. The van der Waals surface area contributed by atoms with Crippen molar-refractivity contribution in [1.82, 2.24) is 9.21 Å². The summed E-state index contributed by atoms with van der Waals surface area (Å²) >= 11 is 0. The van der Waals surface area contributed by atoms with Crippen molar-refractivity contribution in [2.45, 2.75) is 31.2 Å². The van der Waals surface area contributed by atoms with E-state index in [1.807, 2.05) is 17.9 Å². The largest absolute Gasteiger partial charge is 0.289 e. The lowest BCUT2D eigenvalue weighted by Gasteiger charge is -2.36. The number of hydrogen-bond acceptors (Lipinski definition) is 5. The second kappa shape index (κ2) is 8.14. The molecule has 2 fully saturated rings. The van der Waals surface area contributed by atoms with Crippen LogP contribution in [0.5, 0.6) is 0 Å². The molecule has 2 heterocycles. The van der Waals surface area contributed by atoms with Crippen molar-refractivity contribution in [2.24, 2.45) is 0 Å². The molecule has 31 heavy (non-hydrogen) atoms. The number of anilines is 1. The highest BCUT2D eigenvalue weighted by Crippen LogP contribution is 2.28. The summed E-state index contributed by atoms with van der Waals surface area (Å²) in [5.74, 6) is -1.14. The molecule has 9 heteroatoms. The Morgan fingerprint density at radius 1 is 0.935 bits per heavy atom. The average Bonchev–Trinajstić information content (AvgIpc) is 3.02. The van der Waals surface area contributed by atoms with Crippen molar-refractivity contribution in [1.29, 1.82) is 0 Å². The fourth-order valence-corrected chi connectivity index (χ4v) is 5.87. The monoisotopic (exact) mass is 445 g/mol. The smallest absolute Gasteiger partial charge is 0.251 e. The van der Waals surface area contributed by atoms with Gasteiger partial charge in [0, 0.05) is 26.2 Å². The van der Waals surface area contributed by atoms with Crippen LogP contribution in [-0.4, -0.2) is 61.7 Å². The van der Waals surface area contributed by atoms with E-state index >= 15 is 0 Å². The number of carbonyl (C=O) groups excluding carboxylic acids is 2. The van der Waals surface area contributed by atoms with E-state index in [0.717, 1.165) is 10.5 Å². The first-order valence-corrected chi connectivity index (χ1v) is 11.6. The Balaban J connectivity index is 1.46. The number of carbonyl (C=O) groups is 2. The molecule has 0 aliphatic carbocycles. The molecule has 2 aliphatic heterocycles. The third kappa shape index (κ3) is 4.00. The quantitative estimate of drug-likeness (QED) is 0.674. The lowest BCUT2D eigenvalue weighted by atomic mass is 10.2. The number of rotatable bonds is 4. The molecule has 4 rings (SSSR count). The van der Waals surface area contributed by atoms with Gasteiger partial charge in [0.2, 0.25) is 15.9 Å². The molecule has 2 saturated heterocycles. The maximum atomic E-state index is 13.2. The van der Waals surface area contributed by atoms with Crippen LogP contribution in [0, 0.1) is 19.7 Å². The summed E-state index contributed by atoms with van der Waals surface area (Å²) in [6.45, 7) is 4.88. The predicted molar refractivity (Wildman–Crippen MR) is 114 cm³/mol. The van der Waals surface area contributed by atoms with Crippen LogP contribution in [-0.2, 0) is 19.6 Å². The number of nitrogens with zero attached hydrogens (tertiary/aromatic N) is 3. The number of aryl methyl sites for hydroxylation is 2. The van der Waals surface area contributed by atoms with Gasteiger partial charge in [0.1, 0.15) is 5.82 Å². The van der Waals surface area contributed by atoms with Crippen LogP contribution in [0.3, 0.4) is 0 Å². The Kier molecular flexibility index (Phi) is 5.67. The van der Waals surface area contributed by atoms with E-state index in [1.54, 1.807) is 19.1 Å². The zero-order chi connectivity index (χ0) is 22.3. The maximum Gasteiger partial charge on any atom is 0.251 e. The van der Waals surface area contributed by atoms with E-state index in [9.17, 15) is 22.4 Å². The Morgan fingerprint density at radius 3 is 2.19 bits per heavy atom. The van der Waals surface area contributed by atoms with E-state index in [2.05, 4.69) is 0 Å². The van der Waals surface area contributed by atoms with Gasteiger partial charge in [0.15, 0.2) is 0 Å². The Morgan fingerprint density at radius 2 is 1.58 bits per heavy atom. The molecule has 1 atom stereocenters. The molecule has 2 amide bonds. The summed E-state index contributed by atoms with van der Waals surface area (Å²) in [7, 11) is -3.63. The predicted octanol–water partition coefficient (Wildman–Crippen LogP) is 2.08. The van der Waals surface area contributed by atoms with Crippen molar-refractivity contribution < 1.29 is 22.4 Å². The van der Waals surface area contributed by atoms with Gasteiger partial charge in [-0.2, -0.15) is 4.31 Å². The topological polar surface area (TPSA) is 78.0 Å². The van der Waals surface area contributed by atoms with E-state index in [4.69, 9.17) is 0 Å². The number of piperazine rings is 1.